The standard InChI is InChI=1S/C17H20F3N3O2S2/c1-27(24,25)22-14-6-8-23(9-7-14)10-15-11-26-16(21-15)12-2-4-13(5-3-12)17(18,19)20/h2-5,11,14,22H,6-10H2,1H3. The summed E-state index contributed by atoms with van der Waals surface area (Å²) in [5, 5.41) is 2.60. The molecule has 3 rings (SSSR count). The van der Waals surface area contributed by atoms with E-state index in [1.54, 1.807) is 0 Å². The predicted octanol–water partition coefficient (Wildman–Crippen LogP) is 3.34. The zero-order valence-corrected chi connectivity index (χ0v) is 16.3. The van der Waals surface area contributed by atoms with Gasteiger partial charge in [0, 0.05) is 36.6 Å². The third-order valence-electron chi connectivity index (χ3n) is 4.36. The second-order valence-electron chi connectivity index (χ2n) is 6.66. The fraction of sp³-hybridized carbons (Fsp3) is 0.471. The van der Waals surface area contributed by atoms with Crippen LogP contribution in [0.5, 0.6) is 0 Å². The first-order valence-electron chi connectivity index (χ1n) is 8.42. The molecule has 1 aliphatic rings. The van der Waals surface area contributed by atoms with Gasteiger partial charge in [-0.25, -0.2) is 18.1 Å². The summed E-state index contributed by atoms with van der Waals surface area (Å²) in [6.07, 6.45) is -1.70. The van der Waals surface area contributed by atoms with E-state index in [0.29, 0.717) is 17.1 Å². The average molecular weight is 419 g/mol. The van der Waals surface area contributed by atoms with Crippen molar-refractivity contribution in [3.8, 4) is 10.6 Å². The summed E-state index contributed by atoms with van der Waals surface area (Å²) in [4.78, 5) is 6.73. The second kappa shape index (κ2) is 7.86. The van der Waals surface area contributed by atoms with E-state index in [0.717, 1.165) is 50.0 Å². The van der Waals surface area contributed by atoms with Crippen molar-refractivity contribution in [3.05, 3.63) is 40.9 Å². The molecule has 1 fully saturated rings. The van der Waals surface area contributed by atoms with Gasteiger partial charge in [0.05, 0.1) is 17.5 Å². The Morgan fingerprint density at radius 2 is 1.85 bits per heavy atom. The highest BCUT2D eigenvalue weighted by molar-refractivity contribution is 7.88. The van der Waals surface area contributed by atoms with Gasteiger partial charge in [0.1, 0.15) is 5.01 Å². The maximum atomic E-state index is 12.6. The van der Waals surface area contributed by atoms with E-state index in [1.807, 2.05) is 5.38 Å². The Hall–Kier alpha value is -1.49. The third-order valence-corrected chi connectivity index (χ3v) is 6.07. The van der Waals surface area contributed by atoms with Crippen molar-refractivity contribution < 1.29 is 21.6 Å². The number of halogens is 3. The molecule has 0 amide bonds. The van der Waals surface area contributed by atoms with E-state index in [2.05, 4.69) is 14.6 Å². The molecule has 10 heteroatoms. The molecule has 1 aromatic carbocycles. The van der Waals surface area contributed by atoms with Crippen LogP contribution in [0.3, 0.4) is 0 Å². The molecule has 2 heterocycles. The van der Waals surface area contributed by atoms with Gasteiger partial charge in [-0.3, -0.25) is 4.90 Å². The van der Waals surface area contributed by atoms with Gasteiger partial charge >= 0.3 is 6.18 Å². The Kier molecular flexibility index (Phi) is 5.90. The smallest absolute Gasteiger partial charge is 0.297 e. The fourth-order valence-electron chi connectivity index (χ4n) is 3.05. The molecule has 0 spiro atoms. The van der Waals surface area contributed by atoms with Gasteiger partial charge in [-0.15, -0.1) is 11.3 Å². The van der Waals surface area contributed by atoms with Crippen LogP contribution in [0.25, 0.3) is 10.6 Å². The minimum atomic E-state index is -4.34. The maximum Gasteiger partial charge on any atom is 0.416 e. The molecule has 27 heavy (non-hydrogen) atoms. The molecule has 0 radical (unpaired) electrons. The van der Waals surface area contributed by atoms with Gasteiger partial charge in [0.25, 0.3) is 0 Å². The first kappa shape index (κ1) is 20.2. The number of thiazole rings is 1. The number of hydrogen-bond acceptors (Lipinski definition) is 5. The quantitative estimate of drug-likeness (QED) is 0.808. The zero-order chi connectivity index (χ0) is 19.7. The van der Waals surface area contributed by atoms with Crippen molar-refractivity contribution in [2.45, 2.75) is 31.6 Å². The highest BCUT2D eigenvalue weighted by Crippen LogP contribution is 2.32. The van der Waals surface area contributed by atoms with E-state index >= 15 is 0 Å². The fourth-order valence-corrected chi connectivity index (χ4v) is 4.71. The van der Waals surface area contributed by atoms with Crippen LogP contribution in [0.2, 0.25) is 0 Å². The maximum absolute atomic E-state index is 12.6. The van der Waals surface area contributed by atoms with Crippen molar-refractivity contribution in [1.29, 1.82) is 0 Å². The first-order valence-corrected chi connectivity index (χ1v) is 11.2. The Labute approximate surface area is 160 Å². The summed E-state index contributed by atoms with van der Waals surface area (Å²) >= 11 is 1.40. The van der Waals surface area contributed by atoms with E-state index < -0.39 is 21.8 Å². The van der Waals surface area contributed by atoms with Crippen LogP contribution < -0.4 is 4.72 Å². The Morgan fingerprint density at radius 3 is 2.41 bits per heavy atom. The van der Waals surface area contributed by atoms with E-state index in [9.17, 15) is 21.6 Å². The minimum absolute atomic E-state index is 0.0330. The highest BCUT2D eigenvalue weighted by atomic mass is 32.2. The lowest BCUT2D eigenvalue weighted by Gasteiger charge is -2.31. The van der Waals surface area contributed by atoms with Gasteiger partial charge < -0.3 is 0 Å². The van der Waals surface area contributed by atoms with Gasteiger partial charge in [-0.2, -0.15) is 13.2 Å². The van der Waals surface area contributed by atoms with Crippen molar-refractivity contribution in [1.82, 2.24) is 14.6 Å². The molecule has 5 nitrogen and oxygen atoms in total. The van der Waals surface area contributed by atoms with Crippen molar-refractivity contribution in [2.75, 3.05) is 19.3 Å². The van der Waals surface area contributed by atoms with E-state index in [-0.39, 0.29) is 6.04 Å². The molecule has 0 atom stereocenters. The monoisotopic (exact) mass is 419 g/mol. The molecule has 1 aliphatic heterocycles. The number of sulfonamides is 1. The molecule has 0 saturated carbocycles. The van der Waals surface area contributed by atoms with Crippen molar-refractivity contribution in [2.24, 2.45) is 0 Å². The zero-order valence-electron chi connectivity index (χ0n) is 14.7. The molecular formula is C17H20F3N3O2S2. The molecule has 148 valence electrons. The number of benzene rings is 1. The summed E-state index contributed by atoms with van der Waals surface area (Å²) < 4.78 is 63.2. The number of piperidine rings is 1. The van der Waals surface area contributed by atoms with Crippen LogP contribution in [-0.2, 0) is 22.7 Å². The number of alkyl halides is 3. The third kappa shape index (κ3) is 5.74. The summed E-state index contributed by atoms with van der Waals surface area (Å²) in [6.45, 7) is 2.17. The number of nitrogens with zero attached hydrogens (tertiary/aromatic N) is 2. The molecule has 0 unspecified atom stereocenters. The Balaban J connectivity index is 1.57. The molecule has 0 bridgehead atoms. The van der Waals surface area contributed by atoms with Crippen LogP contribution in [0.4, 0.5) is 13.2 Å². The highest BCUT2D eigenvalue weighted by Gasteiger charge is 2.30. The second-order valence-corrected chi connectivity index (χ2v) is 9.30. The lowest BCUT2D eigenvalue weighted by molar-refractivity contribution is -0.137. The molecule has 1 saturated heterocycles. The van der Waals surface area contributed by atoms with Gasteiger partial charge in [0.15, 0.2) is 0 Å². The topological polar surface area (TPSA) is 62.3 Å². The summed E-state index contributed by atoms with van der Waals surface area (Å²) in [5.41, 5.74) is 0.855. The normalized spacial score (nSPS) is 17.3. The van der Waals surface area contributed by atoms with Crippen LogP contribution in [-0.4, -0.2) is 43.7 Å². The molecule has 1 aromatic heterocycles. The largest absolute Gasteiger partial charge is 0.416 e. The van der Waals surface area contributed by atoms with E-state index in [1.165, 1.54) is 23.5 Å². The van der Waals surface area contributed by atoms with Crippen molar-refractivity contribution >= 4 is 21.4 Å². The summed E-state index contributed by atoms with van der Waals surface area (Å²) in [5.74, 6) is 0. The van der Waals surface area contributed by atoms with Crippen molar-refractivity contribution in [3.63, 3.8) is 0 Å². The molecule has 1 N–H and O–H groups in total. The molecule has 0 aliphatic carbocycles. The Morgan fingerprint density at radius 1 is 1.22 bits per heavy atom. The van der Waals surface area contributed by atoms with Crippen LogP contribution in [0, 0.1) is 0 Å². The number of hydrogen-bond donors (Lipinski definition) is 1. The molecular weight excluding hydrogens is 399 g/mol. The number of rotatable bonds is 5. The Bertz CT molecular complexity index is 872. The predicted molar refractivity (Wildman–Crippen MR) is 98.8 cm³/mol. The summed E-state index contributed by atoms with van der Waals surface area (Å²) in [6, 6.07) is 4.97. The van der Waals surface area contributed by atoms with Crippen LogP contribution >= 0.6 is 11.3 Å². The van der Waals surface area contributed by atoms with Gasteiger partial charge in [-0.05, 0) is 25.0 Å². The lowest BCUT2D eigenvalue weighted by atomic mass is 10.1. The van der Waals surface area contributed by atoms with Gasteiger partial charge in [0.2, 0.25) is 10.0 Å². The van der Waals surface area contributed by atoms with E-state index in [4.69, 9.17) is 0 Å². The first-order chi connectivity index (χ1) is 12.6. The number of aromatic nitrogens is 1. The number of nitrogens with one attached hydrogen (secondary N) is 1. The number of likely N-dealkylation sites (tertiary alicyclic amines) is 1. The average Bonchev–Trinajstić information content (AvgIpc) is 3.03. The van der Waals surface area contributed by atoms with Gasteiger partial charge in [-0.1, -0.05) is 12.1 Å². The minimum Gasteiger partial charge on any atom is -0.297 e. The lowest BCUT2D eigenvalue weighted by Crippen LogP contribution is -2.43. The summed E-state index contributed by atoms with van der Waals surface area (Å²) in [7, 11) is -3.19. The van der Waals surface area contributed by atoms with Crippen LogP contribution in [0.1, 0.15) is 24.1 Å². The van der Waals surface area contributed by atoms with Crippen LogP contribution in [0.15, 0.2) is 29.6 Å². The SMILES string of the molecule is CS(=O)(=O)NC1CCN(Cc2csc(-c3ccc(C(F)(F)F)cc3)n2)CC1. The molecule has 2 aromatic rings.